The normalized spacial score (nSPS) is 12.6. The number of hydrogen-bond donors (Lipinski definition) is 2. The molecule has 3 N–H and O–H groups in total. The fourth-order valence-corrected chi connectivity index (χ4v) is 4.34. The lowest BCUT2D eigenvalue weighted by atomic mass is 10.2. The Morgan fingerprint density at radius 2 is 2.14 bits per heavy atom. The standard InChI is InChI=1S/C17H15BrFN7OS/c1-8(27)4-9-2-3-11(19)12(21-9)5-26-6-13(24-25-26)15-16-14(10(18)7-28-16)22-17(20)23-15/h2-3,6-8,27H,4-5H2,1H3,(H2,20,22,23). The predicted octanol–water partition coefficient (Wildman–Crippen LogP) is 2.80. The topological polar surface area (TPSA) is 116 Å². The summed E-state index contributed by atoms with van der Waals surface area (Å²) in [5.41, 5.74) is 8.45. The monoisotopic (exact) mass is 463 g/mol. The van der Waals surface area contributed by atoms with Gasteiger partial charge < -0.3 is 10.8 Å². The molecule has 8 nitrogen and oxygen atoms in total. The Hall–Kier alpha value is -2.50. The van der Waals surface area contributed by atoms with Gasteiger partial charge in [0.25, 0.3) is 0 Å². The van der Waals surface area contributed by atoms with Gasteiger partial charge in [-0.2, -0.15) is 0 Å². The number of halogens is 2. The van der Waals surface area contributed by atoms with Crippen molar-refractivity contribution in [2.24, 2.45) is 0 Å². The highest BCUT2D eigenvalue weighted by molar-refractivity contribution is 9.10. The van der Waals surface area contributed by atoms with Gasteiger partial charge in [-0.05, 0) is 35.0 Å². The van der Waals surface area contributed by atoms with Gasteiger partial charge in [-0.1, -0.05) is 5.21 Å². The van der Waals surface area contributed by atoms with Gasteiger partial charge in [0.05, 0.1) is 33.7 Å². The number of thiophene rings is 1. The van der Waals surface area contributed by atoms with E-state index in [1.807, 2.05) is 5.38 Å². The van der Waals surface area contributed by atoms with Crippen LogP contribution in [0.5, 0.6) is 0 Å². The van der Waals surface area contributed by atoms with Crippen molar-refractivity contribution in [1.29, 1.82) is 0 Å². The summed E-state index contributed by atoms with van der Waals surface area (Å²) in [5, 5.41) is 19.6. The van der Waals surface area contributed by atoms with Crippen LogP contribution in [0.2, 0.25) is 0 Å². The van der Waals surface area contributed by atoms with Crippen molar-refractivity contribution in [3.63, 3.8) is 0 Å². The van der Waals surface area contributed by atoms with Crippen LogP contribution in [0.15, 0.2) is 28.2 Å². The van der Waals surface area contributed by atoms with Crippen LogP contribution in [0, 0.1) is 5.82 Å². The zero-order valence-corrected chi connectivity index (χ0v) is 17.1. The Kier molecular flexibility index (Phi) is 5.04. The van der Waals surface area contributed by atoms with Crippen molar-refractivity contribution < 1.29 is 9.50 Å². The minimum absolute atomic E-state index is 0.102. The number of aromatic nitrogens is 6. The molecule has 0 spiro atoms. The summed E-state index contributed by atoms with van der Waals surface area (Å²) in [6.07, 6.45) is 1.46. The van der Waals surface area contributed by atoms with E-state index < -0.39 is 11.9 Å². The minimum atomic E-state index is -0.556. The molecule has 28 heavy (non-hydrogen) atoms. The summed E-state index contributed by atoms with van der Waals surface area (Å²) >= 11 is 4.91. The quantitative estimate of drug-likeness (QED) is 0.467. The highest BCUT2D eigenvalue weighted by Gasteiger charge is 2.16. The molecule has 11 heteroatoms. The summed E-state index contributed by atoms with van der Waals surface area (Å²) in [6.45, 7) is 1.76. The minimum Gasteiger partial charge on any atom is -0.393 e. The van der Waals surface area contributed by atoms with Crippen LogP contribution in [0.25, 0.3) is 21.6 Å². The van der Waals surface area contributed by atoms with Gasteiger partial charge >= 0.3 is 0 Å². The van der Waals surface area contributed by atoms with E-state index >= 15 is 0 Å². The first-order valence-corrected chi connectivity index (χ1v) is 10.0. The zero-order chi connectivity index (χ0) is 19.8. The second-order valence-corrected chi connectivity index (χ2v) is 8.01. The maximum atomic E-state index is 14.2. The van der Waals surface area contributed by atoms with E-state index in [2.05, 4.69) is 41.2 Å². The number of pyridine rings is 1. The molecular weight excluding hydrogens is 449 g/mol. The maximum absolute atomic E-state index is 14.2. The highest BCUT2D eigenvalue weighted by Crippen LogP contribution is 2.35. The SMILES string of the molecule is CC(O)Cc1ccc(F)c(Cn2cc(-c3nc(N)nc4c(Br)csc34)nn2)n1. The lowest BCUT2D eigenvalue weighted by Crippen LogP contribution is -2.10. The van der Waals surface area contributed by atoms with E-state index in [0.717, 1.165) is 9.17 Å². The molecule has 0 saturated heterocycles. The van der Waals surface area contributed by atoms with Crippen LogP contribution in [-0.2, 0) is 13.0 Å². The van der Waals surface area contributed by atoms with E-state index in [1.165, 1.54) is 22.1 Å². The fraction of sp³-hybridized carbons (Fsp3) is 0.235. The first-order chi connectivity index (χ1) is 13.4. The average Bonchev–Trinajstić information content (AvgIpc) is 3.24. The molecule has 4 aromatic rings. The lowest BCUT2D eigenvalue weighted by molar-refractivity contribution is 0.194. The van der Waals surface area contributed by atoms with Gasteiger partial charge in [-0.15, -0.1) is 16.4 Å². The van der Waals surface area contributed by atoms with E-state index in [9.17, 15) is 9.50 Å². The van der Waals surface area contributed by atoms with E-state index in [0.29, 0.717) is 29.0 Å². The molecule has 0 radical (unpaired) electrons. The van der Waals surface area contributed by atoms with Crippen molar-refractivity contribution in [3.05, 3.63) is 45.4 Å². The van der Waals surface area contributed by atoms with E-state index in [1.54, 1.807) is 19.2 Å². The van der Waals surface area contributed by atoms with Crippen LogP contribution in [0.4, 0.5) is 10.3 Å². The highest BCUT2D eigenvalue weighted by atomic mass is 79.9. The summed E-state index contributed by atoms with van der Waals surface area (Å²) < 4.78 is 17.3. The molecule has 0 aliphatic carbocycles. The Bertz CT molecular complexity index is 1160. The molecule has 0 aromatic carbocycles. The number of anilines is 1. The van der Waals surface area contributed by atoms with E-state index in [4.69, 9.17) is 5.73 Å². The molecule has 0 fully saturated rings. The Morgan fingerprint density at radius 3 is 2.93 bits per heavy atom. The van der Waals surface area contributed by atoms with Crippen LogP contribution < -0.4 is 5.73 Å². The van der Waals surface area contributed by atoms with Gasteiger partial charge in [0, 0.05) is 17.5 Å². The fourth-order valence-electron chi connectivity index (χ4n) is 2.78. The van der Waals surface area contributed by atoms with Crippen molar-refractivity contribution in [1.82, 2.24) is 29.9 Å². The molecule has 0 bridgehead atoms. The summed E-state index contributed by atoms with van der Waals surface area (Å²) in [6, 6.07) is 2.91. The molecule has 4 heterocycles. The number of nitrogens with two attached hydrogens (primary N) is 1. The number of fused-ring (bicyclic) bond motifs is 1. The molecular formula is C17H15BrFN7OS. The predicted molar refractivity (Wildman–Crippen MR) is 107 cm³/mol. The summed E-state index contributed by atoms with van der Waals surface area (Å²) in [4.78, 5) is 12.8. The van der Waals surface area contributed by atoms with Gasteiger partial charge in [-0.25, -0.2) is 19.0 Å². The Balaban J connectivity index is 1.66. The van der Waals surface area contributed by atoms with Crippen molar-refractivity contribution in [2.45, 2.75) is 26.0 Å². The molecule has 0 aliphatic heterocycles. The Labute approximate surface area is 171 Å². The molecule has 0 saturated carbocycles. The van der Waals surface area contributed by atoms with E-state index in [-0.39, 0.29) is 18.2 Å². The van der Waals surface area contributed by atoms with Gasteiger partial charge in [0.1, 0.15) is 22.7 Å². The molecule has 4 rings (SSSR count). The van der Waals surface area contributed by atoms with Crippen LogP contribution >= 0.6 is 27.3 Å². The summed E-state index contributed by atoms with van der Waals surface area (Å²) in [7, 11) is 0. The summed E-state index contributed by atoms with van der Waals surface area (Å²) in [5.74, 6) is -0.308. The number of aliphatic hydroxyl groups is 1. The van der Waals surface area contributed by atoms with Crippen LogP contribution in [-0.4, -0.2) is 41.2 Å². The third kappa shape index (κ3) is 3.73. The molecule has 4 aromatic heterocycles. The molecule has 1 atom stereocenters. The number of rotatable bonds is 5. The number of aliphatic hydroxyl groups excluding tert-OH is 1. The van der Waals surface area contributed by atoms with Gasteiger partial charge in [0.15, 0.2) is 0 Å². The number of hydrogen-bond acceptors (Lipinski definition) is 8. The first-order valence-electron chi connectivity index (χ1n) is 8.34. The number of nitrogens with zero attached hydrogens (tertiary/aromatic N) is 6. The average molecular weight is 464 g/mol. The second kappa shape index (κ2) is 7.49. The van der Waals surface area contributed by atoms with Crippen molar-refractivity contribution in [3.8, 4) is 11.4 Å². The largest absolute Gasteiger partial charge is 0.393 e. The smallest absolute Gasteiger partial charge is 0.221 e. The third-order valence-electron chi connectivity index (χ3n) is 3.96. The van der Waals surface area contributed by atoms with Crippen LogP contribution in [0.1, 0.15) is 18.3 Å². The lowest BCUT2D eigenvalue weighted by Gasteiger charge is -2.07. The zero-order valence-electron chi connectivity index (χ0n) is 14.7. The van der Waals surface area contributed by atoms with Gasteiger partial charge in [0.2, 0.25) is 5.95 Å². The second-order valence-electron chi connectivity index (χ2n) is 6.28. The maximum Gasteiger partial charge on any atom is 0.221 e. The van der Waals surface area contributed by atoms with Crippen LogP contribution in [0.3, 0.4) is 0 Å². The third-order valence-corrected chi connectivity index (χ3v) is 5.85. The van der Waals surface area contributed by atoms with Crippen molar-refractivity contribution in [2.75, 3.05) is 5.73 Å². The molecule has 0 amide bonds. The van der Waals surface area contributed by atoms with Gasteiger partial charge in [-0.3, -0.25) is 4.98 Å². The molecule has 144 valence electrons. The molecule has 0 aliphatic rings. The number of nitrogen functional groups attached to an aromatic ring is 1. The Morgan fingerprint density at radius 1 is 1.32 bits per heavy atom. The molecule has 1 unspecified atom stereocenters. The first kappa shape index (κ1) is 18.8. The van der Waals surface area contributed by atoms with Crippen molar-refractivity contribution >= 4 is 43.4 Å².